The van der Waals surface area contributed by atoms with Crippen molar-refractivity contribution < 1.29 is 4.39 Å². The first-order valence-corrected chi connectivity index (χ1v) is 5.95. The predicted octanol–water partition coefficient (Wildman–Crippen LogP) is 1.63. The normalized spacial score (nSPS) is 13.1. The highest BCUT2D eigenvalue weighted by Gasteiger charge is 2.11. The Hall–Kier alpha value is -0.680. The van der Waals surface area contributed by atoms with Crippen LogP contribution in [0.4, 0.5) is 4.39 Å². The molecule has 3 N–H and O–H groups in total. The summed E-state index contributed by atoms with van der Waals surface area (Å²) >= 11 is 5.64. The molecule has 0 radical (unpaired) electrons. The highest BCUT2D eigenvalue weighted by Crippen LogP contribution is 2.19. The van der Waals surface area contributed by atoms with Gasteiger partial charge in [0, 0.05) is 25.7 Å². The van der Waals surface area contributed by atoms with Gasteiger partial charge in [0.1, 0.15) is 5.82 Å². The second kappa shape index (κ2) is 6.91. The number of hydrogen-bond acceptors (Lipinski definition) is 3. The van der Waals surface area contributed by atoms with Gasteiger partial charge >= 0.3 is 0 Å². The van der Waals surface area contributed by atoms with E-state index in [0.717, 1.165) is 18.7 Å². The molecule has 96 valence electrons. The van der Waals surface area contributed by atoms with Crippen LogP contribution < -0.4 is 11.1 Å². The number of likely N-dealkylation sites (N-methyl/N-ethyl adjacent to an activating group) is 1. The molecule has 0 aromatic heterocycles. The van der Waals surface area contributed by atoms with Crippen LogP contribution in [0.3, 0.4) is 0 Å². The van der Waals surface area contributed by atoms with E-state index in [1.807, 2.05) is 14.1 Å². The largest absolute Gasteiger partial charge is 0.329 e. The molecule has 1 atom stereocenters. The smallest absolute Gasteiger partial charge is 0.142 e. The van der Waals surface area contributed by atoms with E-state index in [0.29, 0.717) is 6.54 Å². The van der Waals surface area contributed by atoms with Crippen molar-refractivity contribution in [3.63, 3.8) is 0 Å². The van der Waals surface area contributed by atoms with Crippen LogP contribution in [-0.2, 0) is 0 Å². The van der Waals surface area contributed by atoms with Gasteiger partial charge in [-0.05, 0) is 31.8 Å². The summed E-state index contributed by atoms with van der Waals surface area (Å²) in [5.41, 5.74) is 6.51. The van der Waals surface area contributed by atoms with Gasteiger partial charge in [-0.25, -0.2) is 4.39 Å². The highest BCUT2D eigenvalue weighted by molar-refractivity contribution is 6.30. The minimum absolute atomic E-state index is 0.0401. The van der Waals surface area contributed by atoms with Gasteiger partial charge in [-0.15, -0.1) is 0 Å². The standard InChI is InChI=1S/C12H19ClFN3/c1-17(2)6-5-16-12(8-15)9-3-4-10(13)11(14)7-9/h3-4,7,12,16H,5-6,8,15H2,1-2H3. The number of benzene rings is 1. The van der Waals surface area contributed by atoms with Gasteiger partial charge in [-0.3, -0.25) is 0 Å². The first-order chi connectivity index (χ1) is 8.04. The summed E-state index contributed by atoms with van der Waals surface area (Å²) in [6.07, 6.45) is 0. The summed E-state index contributed by atoms with van der Waals surface area (Å²) in [4.78, 5) is 2.07. The van der Waals surface area contributed by atoms with E-state index in [2.05, 4.69) is 10.2 Å². The summed E-state index contributed by atoms with van der Waals surface area (Å²) in [5.74, 6) is -0.406. The number of hydrogen-bond donors (Lipinski definition) is 2. The summed E-state index contributed by atoms with van der Waals surface area (Å²) in [6.45, 7) is 2.14. The first-order valence-electron chi connectivity index (χ1n) is 5.57. The summed E-state index contributed by atoms with van der Waals surface area (Å²) in [7, 11) is 4.00. The molecule has 0 spiro atoms. The van der Waals surface area contributed by atoms with Crippen molar-refractivity contribution >= 4 is 11.6 Å². The zero-order valence-corrected chi connectivity index (χ0v) is 11.0. The molecule has 1 rings (SSSR count). The maximum Gasteiger partial charge on any atom is 0.142 e. The Morgan fingerprint density at radius 2 is 2.18 bits per heavy atom. The van der Waals surface area contributed by atoms with E-state index in [9.17, 15) is 4.39 Å². The van der Waals surface area contributed by atoms with Crippen molar-refractivity contribution in [3.8, 4) is 0 Å². The molecule has 0 aliphatic rings. The van der Waals surface area contributed by atoms with Gasteiger partial charge in [0.2, 0.25) is 0 Å². The number of nitrogens with one attached hydrogen (secondary N) is 1. The molecule has 0 saturated heterocycles. The second-order valence-electron chi connectivity index (χ2n) is 4.22. The molecule has 3 nitrogen and oxygen atoms in total. The van der Waals surface area contributed by atoms with Gasteiger partial charge in [0.15, 0.2) is 0 Å². The molecule has 0 aliphatic carbocycles. The van der Waals surface area contributed by atoms with Gasteiger partial charge in [-0.1, -0.05) is 17.7 Å². The van der Waals surface area contributed by atoms with Crippen molar-refractivity contribution in [2.75, 3.05) is 33.7 Å². The fourth-order valence-electron chi connectivity index (χ4n) is 1.53. The third kappa shape index (κ3) is 4.60. The number of halogens is 2. The van der Waals surface area contributed by atoms with Gasteiger partial charge in [0.25, 0.3) is 0 Å². The van der Waals surface area contributed by atoms with Crippen LogP contribution in [0.15, 0.2) is 18.2 Å². The third-order valence-electron chi connectivity index (χ3n) is 2.53. The lowest BCUT2D eigenvalue weighted by Crippen LogP contribution is -2.33. The van der Waals surface area contributed by atoms with Crippen LogP contribution in [-0.4, -0.2) is 38.6 Å². The van der Waals surface area contributed by atoms with Crippen molar-refractivity contribution in [1.82, 2.24) is 10.2 Å². The van der Waals surface area contributed by atoms with E-state index in [1.165, 1.54) is 6.07 Å². The summed E-state index contributed by atoms with van der Waals surface area (Å²) in [5, 5.41) is 3.42. The Morgan fingerprint density at radius 1 is 1.47 bits per heavy atom. The average Bonchev–Trinajstić information content (AvgIpc) is 2.28. The fourth-order valence-corrected chi connectivity index (χ4v) is 1.65. The molecular weight excluding hydrogens is 241 g/mol. The molecule has 0 heterocycles. The third-order valence-corrected chi connectivity index (χ3v) is 2.84. The van der Waals surface area contributed by atoms with Crippen molar-refractivity contribution in [2.45, 2.75) is 6.04 Å². The zero-order valence-electron chi connectivity index (χ0n) is 10.2. The maximum absolute atomic E-state index is 13.3. The van der Waals surface area contributed by atoms with Crippen LogP contribution in [0.25, 0.3) is 0 Å². The van der Waals surface area contributed by atoms with E-state index in [1.54, 1.807) is 12.1 Å². The van der Waals surface area contributed by atoms with Crippen molar-refractivity contribution in [1.29, 1.82) is 0 Å². The lowest BCUT2D eigenvalue weighted by atomic mass is 10.1. The molecule has 1 unspecified atom stereocenters. The molecule has 17 heavy (non-hydrogen) atoms. The highest BCUT2D eigenvalue weighted by atomic mass is 35.5. The Labute approximate surface area is 107 Å². The molecular formula is C12H19ClFN3. The predicted molar refractivity (Wildman–Crippen MR) is 69.8 cm³/mol. The quantitative estimate of drug-likeness (QED) is 0.816. The average molecular weight is 260 g/mol. The van der Waals surface area contributed by atoms with Crippen LogP contribution in [0, 0.1) is 5.82 Å². The number of nitrogens with two attached hydrogens (primary N) is 1. The first kappa shape index (κ1) is 14.4. The molecule has 5 heteroatoms. The Kier molecular flexibility index (Phi) is 5.85. The minimum atomic E-state index is -0.406. The van der Waals surface area contributed by atoms with Crippen molar-refractivity contribution in [3.05, 3.63) is 34.6 Å². The van der Waals surface area contributed by atoms with Gasteiger partial charge in [-0.2, -0.15) is 0 Å². The fraction of sp³-hybridized carbons (Fsp3) is 0.500. The zero-order chi connectivity index (χ0) is 12.8. The SMILES string of the molecule is CN(C)CCNC(CN)c1ccc(Cl)c(F)c1. The number of rotatable bonds is 6. The van der Waals surface area contributed by atoms with Gasteiger partial charge in [0.05, 0.1) is 5.02 Å². The summed E-state index contributed by atoms with van der Waals surface area (Å²) < 4.78 is 13.3. The van der Waals surface area contributed by atoms with Crippen molar-refractivity contribution in [2.24, 2.45) is 5.73 Å². The van der Waals surface area contributed by atoms with Crippen LogP contribution in [0.2, 0.25) is 5.02 Å². The van der Waals surface area contributed by atoms with E-state index < -0.39 is 5.82 Å². The molecule has 0 saturated carbocycles. The van der Waals surface area contributed by atoms with Gasteiger partial charge < -0.3 is 16.0 Å². The Bertz CT molecular complexity index is 358. The van der Waals surface area contributed by atoms with Crippen LogP contribution >= 0.6 is 11.6 Å². The number of nitrogens with zero attached hydrogens (tertiary/aromatic N) is 1. The lowest BCUT2D eigenvalue weighted by molar-refractivity contribution is 0.385. The molecule has 0 bridgehead atoms. The minimum Gasteiger partial charge on any atom is -0.329 e. The van der Waals surface area contributed by atoms with E-state index in [-0.39, 0.29) is 11.1 Å². The summed E-state index contributed by atoms with van der Waals surface area (Å²) in [6, 6.07) is 4.75. The Balaban J connectivity index is 2.62. The molecule has 1 aromatic carbocycles. The molecule has 0 aliphatic heterocycles. The van der Waals surface area contributed by atoms with E-state index >= 15 is 0 Å². The second-order valence-corrected chi connectivity index (χ2v) is 4.63. The Morgan fingerprint density at radius 3 is 2.71 bits per heavy atom. The monoisotopic (exact) mass is 259 g/mol. The van der Waals surface area contributed by atoms with Crippen LogP contribution in [0.5, 0.6) is 0 Å². The lowest BCUT2D eigenvalue weighted by Gasteiger charge is -2.19. The molecule has 0 fully saturated rings. The van der Waals surface area contributed by atoms with Crippen LogP contribution in [0.1, 0.15) is 11.6 Å². The maximum atomic E-state index is 13.3. The van der Waals surface area contributed by atoms with E-state index in [4.69, 9.17) is 17.3 Å². The topological polar surface area (TPSA) is 41.3 Å². The molecule has 0 amide bonds. The molecule has 1 aromatic rings.